The first-order valence-electron chi connectivity index (χ1n) is 10.2. The largest absolute Gasteiger partial charge is 0.481 e. The summed E-state index contributed by atoms with van der Waals surface area (Å²) in [5.41, 5.74) is 0. The molecule has 0 saturated heterocycles. The minimum atomic E-state index is -4.95. The number of amides is 1. The molecule has 8 heteroatoms. The SMILES string of the molecule is CC(C)C.CCOCCCC(CC)N(C(=O)C(F)(F)F)C1CCC(C(=O)O)C1. The second-order valence-electron chi connectivity index (χ2n) is 7.85. The lowest BCUT2D eigenvalue weighted by atomic mass is 10.0. The zero-order valence-electron chi connectivity index (χ0n) is 17.7. The third-order valence-electron chi connectivity index (χ3n) is 4.52. The molecule has 0 spiro atoms. The Morgan fingerprint density at radius 2 is 1.75 bits per heavy atom. The van der Waals surface area contributed by atoms with Gasteiger partial charge < -0.3 is 14.7 Å². The molecule has 28 heavy (non-hydrogen) atoms. The fourth-order valence-electron chi connectivity index (χ4n) is 3.32. The van der Waals surface area contributed by atoms with Crippen LogP contribution in [0.1, 0.15) is 73.1 Å². The van der Waals surface area contributed by atoms with Gasteiger partial charge in [0, 0.05) is 25.3 Å². The van der Waals surface area contributed by atoms with Gasteiger partial charge in [0.1, 0.15) is 0 Å². The topological polar surface area (TPSA) is 66.8 Å². The number of alkyl halides is 3. The average Bonchev–Trinajstić information content (AvgIpc) is 3.05. The van der Waals surface area contributed by atoms with Gasteiger partial charge in [-0.3, -0.25) is 9.59 Å². The van der Waals surface area contributed by atoms with Crippen LogP contribution < -0.4 is 0 Å². The highest BCUT2D eigenvalue weighted by Gasteiger charge is 2.48. The van der Waals surface area contributed by atoms with Crippen molar-refractivity contribution in [1.29, 1.82) is 0 Å². The van der Waals surface area contributed by atoms with Gasteiger partial charge in [-0.25, -0.2) is 0 Å². The van der Waals surface area contributed by atoms with E-state index in [0.717, 1.165) is 10.8 Å². The van der Waals surface area contributed by atoms with Gasteiger partial charge >= 0.3 is 18.1 Å². The Labute approximate surface area is 166 Å². The molecule has 0 bridgehead atoms. The van der Waals surface area contributed by atoms with Gasteiger partial charge in [-0.1, -0.05) is 27.7 Å². The molecule has 0 aromatic heterocycles. The van der Waals surface area contributed by atoms with Crippen LogP contribution in [-0.4, -0.2) is 53.4 Å². The van der Waals surface area contributed by atoms with Gasteiger partial charge in [0.05, 0.1) is 5.92 Å². The minimum absolute atomic E-state index is 0.0825. The number of rotatable bonds is 9. The van der Waals surface area contributed by atoms with E-state index in [1.54, 1.807) is 6.92 Å². The van der Waals surface area contributed by atoms with Crippen molar-refractivity contribution in [3.05, 3.63) is 0 Å². The number of hydrogen-bond acceptors (Lipinski definition) is 3. The van der Waals surface area contributed by atoms with Gasteiger partial charge in [-0.05, 0) is 51.4 Å². The Morgan fingerprint density at radius 1 is 1.18 bits per heavy atom. The molecule has 0 heterocycles. The first-order chi connectivity index (χ1) is 12.9. The summed E-state index contributed by atoms with van der Waals surface area (Å²) in [7, 11) is 0. The van der Waals surface area contributed by atoms with Crippen molar-refractivity contribution < 1.29 is 32.6 Å². The molecule has 0 aromatic carbocycles. The monoisotopic (exact) mass is 411 g/mol. The molecule has 166 valence electrons. The van der Waals surface area contributed by atoms with E-state index >= 15 is 0 Å². The van der Waals surface area contributed by atoms with Crippen molar-refractivity contribution in [1.82, 2.24) is 4.90 Å². The van der Waals surface area contributed by atoms with Crippen LogP contribution in [0.4, 0.5) is 13.2 Å². The number of nitrogens with zero attached hydrogens (tertiary/aromatic N) is 1. The van der Waals surface area contributed by atoms with Gasteiger partial charge in [0.2, 0.25) is 0 Å². The van der Waals surface area contributed by atoms with Crippen LogP contribution in [0.5, 0.6) is 0 Å². The maximum absolute atomic E-state index is 13.0. The van der Waals surface area contributed by atoms with E-state index in [1.807, 2.05) is 6.92 Å². The average molecular weight is 412 g/mol. The van der Waals surface area contributed by atoms with E-state index in [4.69, 9.17) is 9.84 Å². The molecule has 1 N–H and O–H groups in total. The first kappa shape index (κ1) is 26.7. The predicted octanol–water partition coefficient (Wildman–Crippen LogP) is 4.89. The van der Waals surface area contributed by atoms with Crippen molar-refractivity contribution >= 4 is 11.9 Å². The van der Waals surface area contributed by atoms with Crippen LogP contribution in [0, 0.1) is 11.8 Å². The Balaban J connectivity index is 0.00000165. The molecule has 3 unspecified atom stereocenters. The lowest BCUT2D eigenvalue weighted by Crippen LogP contribution is -2.51. The lowest BCUT2D eigenvalue weighted by Gasteiger charge is -2.37. The quantitative estimate of drug-likeness (QED) is 0.549. The number of carboxylic acids is 1. The Bertz CT molecular complexity index is 466. The van der Waals surface area contributed by atoms with Crippen LogP contribution >= 0.6 is 0 Å². The Hall–Kier alpha value is -1.31. The zero-order chi connectivity index (χ0) is 21.9. The molecule has 1 aliphatic rings. The van der Waals surface area contributed by atoms with Crippen LogP contribution in [0.15, 0.2) is 0 Å². The molecule has 1 amide bonds. The normalized spacial score (nSPS) is 20.5. The van der Waals surface area contributed by atoms with Gasteiger partial charge in [-0.2, -0.15) is 13.2 Å². The van der Waals surface area contributed by atoms with Crippen molar-refractivity contribution in [2.75, 3.05) is 13.2 Å². The number of hydrogen-bond donors (Lipinski definition) is 1. The maximum Gasteiger partial charge on any atom is 0.471 e. The van der Waals surface area contributed by atoms with Crippen LogP contribution in [0.3, 0.4) is 0 Å². The highest BCUT2D eigenvalue weighted by Crippen LogP contribution is 2.34. The minimum Gasteiger partial charge on any atom is -0.481 e. The fraction of sp³-hybridized carbons (Fsp3) is 0.900. The second kappa shape index (κ2) is 13.0. The molecule has 0 aliphatic heterocycles. The summed E-state index contributed by atoms with van der Waals surface area (Å²) in [6.07, 6.45) is -2.91. The molecule has 1 saturated carbocycles. The number of carbonyl (C=O) groups is 2. The third-order valence-corrected chi connectivity index (χ3v) is 4.52. The zero-order valence-corrected chi connectivity index (χ0v) is 17.7. The van der Waals surface area contributed by atoms with Crippen LogP contribution in [0.25, 0.3) is 0 Å². The molecule has 1 fully saturated rings. The third kappa shape index (κ3) is 9.75. The van der Waals surface area contributed by atoms with E-state index in [9.17, 15) is 22.8 Å². The lowest BCUT2D eigenvalue weighted by molar-refractivity contribution is -0.191. The summed E-state index contributed by atoms with van der Waals surface area (Å²) in [4.78, 5) is 23.9. The maximum atomic E-state index is 13.0. The highest BCUT2D eigenvalue weighted by molar-refractivity contribution is 5.82. The van der Waals surface area contributed by atoms with E-state index < -0.39 is 36.1 Å². The summed E-state index contributed by atoms with van der Waals surface area (Å²) in [6.45, 7) is 11.0. The standard InChI is InChI=1S/C16H26F3NO4.C4H10/c1-3-12(6-5-9-24-4-2)20(15(23)16(17,18)19)13-8-7-11(10-13)14(21)22;1-4(2)3/h11-13H,3-10H2,1-2H3,(H,21,22);4H,1-3H3. The molecule has 1 rings (SSSR count). The molecular formula is C20H36F3NO4. The van der Waals surface area contributed by atoms with Crippen molar-refractivity contribution in [3.8, 4) is 0 Å². The number of aliphatic carboxylic acids is 1. The summed E-state index contributed by atoms with van der Waals surface area (Å²) >= 11 is 0. The van der Waals surface area contributed by atoms with E-state index in [2.05, 4.69) is 20.8 Å². The summed E-state index contributed by atoms with van der Waals surface area (Å²) in [6, 6.07) is -1.23. The molecule has 0 aromatic rings. The van der Waals surface area contributed by atoms with Crippen molar-refractivity contribution in [2.24, 2.45) is 11.8 Å². The van der Waals surface area contributed by atoms with Gasteiger partial charge in [-0.15, -0.1) is 0 Å². The highest BCUT2D eigenvalue weighted by atomic mass is 19.4. The Kier molecular flexibility index (Phi) is 12.4. The predicted molar refractivity (Wildman–Crippen MR) is 102 cm³/mol. The van der Waals surface area contributed by atoms with Gasteiger partial charge in [0.25, 0.3) is 0 Å². The first-order valence-corrected chi connectivity index (χ1v) is 10.2. The Morgan fingerprint density at radius 3 is 2.14 bits per heavy atom. The van der Waals surface area contributed by atoms with E-state index in [-0.39, 0.29) is 6.42 Å². The van der Waals surface area contributed by atoms with Crippen LogP contribution in [0.2, 0.25) is 0 Å². The second-order valence-corrected chi connectivity index (χ2v) is 7.85. The number of carboxylic acid groups (broad SMARTS) is 1. The number of carbonyl (C=O) groups excluding carboxylic acids is 1. The van der Waals surface area contributed by atoms with E-state index in [0.29, 0.717) is 45.3 Å². The van der Waals surface area contributed by atoms with Gasteiger partial charge in [0.15, 0.2) is 0 Å². The molecular weight excluding hydrogens is 375 g/mol. The van der Waals surface area contributed by atoms with Crippen molar-refractivity contribution in [3.63, 3.8) is 0 Å². The van der Waals surface area contributed by atoms with E-state index in [1.165, 1.54) is 0 Å². The summed E-state index contributed by atoms with van der Waals surface area (Å²) in [5.74, 6) is -2.72. The molecule has 1 aliphatic carbocycles. The number of halogens is 3. The van der Waals surface area contributed by atoms with Crippen molar-refractivity contribution in [2.45, 2.75) is 91.4 Å². The number of ether oxygens (including phenoxy) is 1. The molecule has 5 nitrogen and oxygen atoms in total. The van der Waals surface area contributed by atoms with Crippen LogP contribution in [-0.2, 0) is 14.3 Å². The fourth-order valence-corrected chi connectivity index (χ4v) is 3.32. The smallest absolute Gasteiger partial charge is 0.471 e. The molecule has 0 radical (unpaired) electrons. The summed E-state index contributed by atoms with van der Waals surface area (Å²) < 4.78 is 44.3. The summed E-state index contributed by atoms with van der Waals surface area (Å²) in [5, 5.41) is 9.07. The molecule has 3 atom stereocenters.